The number of nitrogens with one attached hydrogen (secondary N) is 2. The normalized spacial score (nSPS) is 24.1. The molecule has 0 saturated carbocycles. The zero-order chi connectivity index (χ0) is 18.3. The summed E-state index contributed by atoms with van der Waals surface area (Å²) in [6.45, 7) is 8.97. The first kappa shape index (κ1) is 23.9. The van der Waals surface area contributed by atoms with Crippen molar-refractivity contribution in [2.75, 3.05) is 52.1 Å². The highest BCUT2D eigenvalue weighted by atomic mass is 127. The van der Waals surface area contributed by atoms with Crippen LogP contribution in [0.5, 0.6) is 0 Å². The van der Waals surface area contributed by atoms with Crippen LogP contribution in [0, 0.1) is 5.92 Å². The number of sulfonamides is 1. The van der Waals surface area contributed by atoms with E-state index in [1.807, 2.05) is 0 Å². The fourth-order valence-electron chi connectivity index (χ4n) is 3.62. The van der Waals surface area contributed by atoms with E-state index in [9.17, 15) is 8.42 Å². The zero-order valence-electron chi connectivity index (χ0n) is 16.4. The third-order valence-corrected chi connectivity index (χ3v) is 7.01. The molecular weight excluding hydrogens is 465 g/mol. The van der Waals surface area contributed by atoms with Gasteiger partial charge in [-0.1, -0.05) is 0 Å². The molecule has 0 bridgehead atoms. The van der Waals surface area contributed by atoms with Crippen molar-refractivity contribution in [2.45, 2.75) is 45.6 Å². The number of piperidine rings is 2. The molecule has 2 heterocycles. The maximum absolute atomic E-state index is 12.0. The number of nitrogens with zero attached hydrogens (tertiary/aromatic N) is 3. The Bertz CT molecular complexity index is 535. The number of hydrogen-bond acceptors (Lipinski definition) is 4. The van der Waals surface area contributed by atoms with Gasteiger partial charge < -0.3 is 15.5 Å². The first-order valence-corrected chi connectivity index (χ1v) is 11.3. The van der Waals surface area contributed by atoms with Crippen LogP contribution in [0.1, 0.15) is 39.5 Å². The minimum Gasteiger partial charge on any atom is -0.357 e. The third kappa shape index (κ3) is 7.47. The summed E-state index contributed by atoms with van der Waals surface area (Å²) in [7, 11) is -0.880. The van der Waals surface area contributed by atoms with Gasteiger partial charge in [0, 0.05) is 38.8 Å². The molecule has 0 aromatic heterocycles. The molecule has 2 rings (SSSR count). The van der Waals surface area contributed by atoms with Crippen molar-refractivity contribution in [3.8, 4) is 0 Å². The summed E-state index contributed by atoms with van der Waals surface area (Å²) in [4.78, 5) is 7.17. The van der Waals surface area contributed by atoms with Gasteiger partial charge in [0.05, 0.1) is 5.75 Å². The van der Waals surface area contributed by atoms with E-state index in [2.05, 4.69) is 29.5 Å². The molecule has 0 aliphatic carbocycles. The second kappa shape index (κ2) is 11.7. The van der Waals surface area contributed by atoms with Crippen molar-refractivity contribution in [3.63, 3.8) is 0 Å². The molecule has 2 N–H and O–H groups in total. The molecule has 2 aliphatic rings. The molecule has 1 unspecified atom stereocenters. The minimum absolute atomic E-state index is 0. The highest BCUT2D eigenvalue weighted by Gasteiger charge is 2.27. The molecule has 0 radical (unpaired) electrons. The molecule has 2 aliphatic heterocycles. The van der Waals surface area contributed by atoms with Gasteiger partial charge in [-0.3, -0.25) is 4.99 Å². The van der Waals surface area contributed by atoms with Gasteiger partial charge in [0.2, 0.25) is 10.0 Å². The standard InChI is InChI=1S/C17H35N5O2S.HI/c1-4-18-17(19-13-15-7-6-10-21(3)14-15)20-16-8-11-22(12-9-16)25(23,24)5-2;/h15-16H,4-14H2,1-3H3,(H2,18,19,20);1H. The lowest BCUT2D eigenvalue weighted by atomic mass is 9.99. The second-order valence-corrected chi connectivity index (χ2v) is 9.47. The monoisotopic (exact) mass is 501 g/mol. The molecule has 0 aromatic carbocycles. The van der Waals surface area contributed by atoms with Crippen LogP contribution in [-0.4, -0.2) is 81.7 Å². The molecule has 0 spiro atoms. The van der Waals surface area contributed by atoms with Crippen LogP contribution in [0.4, 0.5) is 0 Å². The summed E-state index contributed by atoms with van der Waals surface area (Å²) in [6, 6.07) is 0.287. The largest absolute Gasteiger partial charge is 0.357 e. The van der Waals surface area contributed by atoms with E-state index in [0.717, 1.165) is 38.4 Å². The molecule has 154 valence electrons. The van der Waals surface area contributed by atoms with Crippen LogP contribution >= 0.6 is 24.0 Å². The number of likely N-dealkylation sites (tertiary alicyclic amines) is 1. The van der Waals surface area contributed by atoms with Crippen molar-refractivity contribution < 1.29 is 8.42 Å². The van der Waals surface area contributed by atoms with Gasteiger partial charge >= 0.3 is 0 Å². The van der Waals surface area contributed by atoms with Crippen molar-refractivity contribution in [1.29, 1.82) is 0 Å². The Morgan fingerprint density at radius 1 is 1.15 bits per heavy atom. The highest BCUT2D eigenvalue weighted by Crippen LogP contribution is 2.16. The van der Waals surface area contributed by atoms with E-state index < -0.39 is 10.0 Å². The Kier molecular flexibility index (Phi) is 10.7. The average molecular weight is 501 g/mol. The van der Waals surface area contributed by atoms with E-state index in [0.29, 0.717) is 19.0 Å². The Labute approximate surface area is 176 Å². The third-order valence-electron chi connectivity index (χ3n) is 5.13. The van der Waals surface area contributed by atoms with Crippen molar-refractivity contribution in [2.24, 2.45) is 10.9 Å². The van der Waals surface area contributed by atoms with Crippen LogP contribution in [0.25, 0.3) is 0 Å². The van der Waals surface area contributed by atoms with E-state index in [4.69, 9.17) is 4.99 Å². The molecular formula is C17H36IN5O2S. The van der Waals surface area contributed by atoms with Gasteiger partial charge in [-0.15, -0.1) is 24.0 Å². The smallest absolute Gasteiger partial charge is 0.213 e. The SMILES string of the molecule is CCNC(=NCC1CCCN(C)C1)NC1CCN(S(=O)(=O)CC)CC1.I. The van der Waals surface area contributed by atoms with Crippen LogP contribution in [-0.2, 0) is 10.0 Å². The number of halogens is 1. The first-order valence-electron chi connectivity index (χ1n) is 9.65. The van der Waals surface area contributed by atoms with Gasteiger partial charge in [0.25, 0.3) is 0 Å². The summed E-state index contributed by atoms with van der Waals surface area (Å²) in [5.74, 6) is 1.68. The van der Waals surface area contributed by atoms with Crippen LogP contribution in [0.2, 0.25) is 0 Å². The maximum atomic E-state index is 12.0. The maximum Gasteiger partial charge on any atom is 0.213 e. The quantitative estimate of drug-likeness (QED) is 0.326. The lowest BCUT2D eigenvalue weighted by Crippen LogP contribution is -2.50. The van der Waals surface area contributed by atoms with E-state index in [1.165, 1.54) is 19.4 Å². The van der Waals surface area contributed by atoms with E-state index >= 15 is 0 Å². The number of guanidine groups is 1. The number of aliphatic imine (C=N–C) groups is 1. The molecule has 0 aromatic rings. The summed E-state index contributed by atoms with van der Waals surface area (Å²) >= 11 is 0. The highest BCUT2D eigenvalue weighted by molar-refractivity contribution is 14.0. The lowest BCUT2D eigenvalue weighted by Gasteiger charge is -2.32. The first-order chi connectivity index (χ1) is 11.9. The van der Waals surface area contributed by atoms with Gasteiger partial charge in [-0.25, -0.2) is 12.7 Å². The Balaban J connectivity index is 0.00000338. The Hall–Kier alpha value is -0.130. The van der Waals surface area contributed by atoms with Crippen LogP contribution in [0.3, 0.4) is 0 Å². The van der Waals surface area contributed by atoms with Gasteiger partial charge in [0.1, 0.15) is 0 Å². The summed E-state index contributed by atoms with van der Waals surface area (Å²) in [5, 5.41) is 6.83. The number of rotatable bonds is 6. The van der Waals surface area contributed by atoms with Crippen molar-refractivity contribution in [3.05, 3.63) is 0 Å². The van der Waals surface area contributed by atoms with E-state index in [-0.39, 0.29) is 35.8 Å². The van der Waals surface area contributed by atoms with Gasteiger partial charge in [0.15, 0.2) is 5.96 Å². The summed E-state index contributed by atoms with van der Waals surface area (Å²) in [6.07, 6.45) is 4.16. The lowest BCUT2D eigenvalue weighted by molar-refractivity contribution is 0.214. The van der Waals surface area contributed by atoms with Crippen molar-refractivity contribution in [1.82, 2.24) is 19.8 Å². The van der Waals surface area contributed by atoms with Crippen LogP contribution < -0.4 is 10.6 Å². The molecule has 9 heteroatoms. The topological polar surface area (TPSA) is 77.0 Å². The minimum atomic E-state index is -3.06. The molecule has 0 amide bonds. The predicted molar refractivity (Wildman–Crippen MR) is 119 cm³/mol. The summed E-state index contributed by atoms with van der Waals surface area (Å²) in [5.41, 5.74) is 0. The summed E-state index contributed by atoms with van der Waals surface area (Å²) < 4.78 is 25.5. The fourth-order valence-corrected chi connectivity index (χ4v) is 4.75. The van der Waals surface area contributed by atoms with Gasteiger partial charge in [-0.05, 0) is 59.0 Å². The molecule has 2 saturated heterocycles. The molecule has 2 fully saturated rings. The predicted octanol–water partition coefficient (Wildman–Crippen LogP) is 1.32. The molecule has 26 heavy (non-hydrogen) atoms. The Morgan fingerprint density at radius 2 is 1.85 bits per heavy atom. The van der Waals surface area contributed by atoms with Crippen molar-refractivity contribution >= 4 is 40.0 Å². The molecule has 1 atom stereocenters. The van der Waals surface area contributed by atoms with E-state index in [1.54, 1.807) is 11.2 Å². The Morgan fingerprint density at radius 3 is 2.42 bits per heavy atom. The van der Waals surface area contributed by atoms with Crippen LogP contribution in [0.15, 0.2) is 4.99 Å². The zero-order valence-corrected chi connectivity index (χ0v) is 19.6. The second-order valence-electron chi connectivity index (χ2n) is 7.21. The fraction of sp³-hybridized carbons (Fsp3) is 0.941. The molecule has 7 nitrogen and oxygen atoms in total. The average Bonchev–Trinajstić information content (AvgIpc) is 2.60. The van der Waals surface area contributed by atoms with Gasteiger partial charge in [-0.2, -0.15) is 0 Å². The number of hydrogen-bond donors (Lipinski definition) is 2.